The average Bonchev–Trinajstić information content (AvgIpc) is 3.49. The van der Waals surface area contributed by atoms with Gasteiger partial charge in [0, 0.05) is 48.5 Å². The molecule has 3 aromatic rings. The number of carbonyl (C=O) groups excluding carboxylic acids is 2. The highest BCUT2D eigenvalue weighted by Crippen LogP contribution is 2.46. The Bertz CT molecular complexity index is 1470. The molecule has 0 bridgehead atoms. The normalized spacial score (nSPS) is 21.0. The van der Waals surface area contributed by atoms with Gasteiger partial charge in [-0.3, -0.25) is 9.59 Å². The van der Waals surface area contributed by atoms with Crippen molar-refractivity contribution in [2.45, 2.75) is 51.2 Å². The fourth-order valence-corrected chi connectivity index (χ4v) is 5.66. The molecule has 1 aromatic carbocycles. The van der Waals surface area contributed by atoms with Crippen LogP contribution in [0.2, 0.25) is 0 Å². The van der Waals surface area contributed by atoms with E-state index in [2.05, 4.69) is 15.3 Å². The van der Waals surface area contributed by atoms with E-state index in [9.17, 15) is 9.59 Å². The maximum absolute atomic E-state index is 12.4. The predicted octanol–water partition coefficient (Wildman–Crippen LogP) is 3.92. The van der Waals surface area contributed by atoms with E-state index < -0.39 is 5.60 Å². The number of benzene rings is 1. The number of carbonyl (C=O) groups is 2. The highest BCUT2D eigenvalue weighted by atomic mass is 16.5. The van der Waals surface area contributed by atoms with Gasteiger partial charge in [0.05, 0.1) is 23.6 Å². The fourth-order valence-electron chi connectivity index (χ4n) is 5.66. The van der Waals surface area contributed by atoms with E-state index in [0.717, 1.165) is 41.9 Å². The largest absolute Gasteiger partial charge is 0.481 e. The Balaban J connectivity index is 1.21. The molecular formula is C27H26N6O4. The highest BCUT2D eigenvalue weighted by Gasteiger charge is 2.39. The first kappa shape index (κ1) is 22.0. The van der Waals surface area contributed by atoms with Gasteiger partial charge in [0.25, 0.3) is 0 Å². The summed E-state index contributed by atoms with van der Waals surface area (Å²) in [6.45, 7) is 5.14. The van der Waals surface area contributed by atoms with Crippen LogP contribution in [0.15, 0.2) is 36.7 Å². The Morgan fingerprint density at radius 3 is 2.78 bits per heavy atom. The van der Waals surface area contributed by atoms with Crippen LogP contribution in [0.4, 0.5) is 23.0 Å². The molecule has 2 amide bonds. The lowest BCUT2D eigenvalue weighted by molar-refractivity contribution is -0.118. The van der Waals surface area contributed by atoms with Crippen molar-refractivity contribution in [3.8, 4) is 22.8 Å². The molecule has 37 heavy (non-hydrogen) atoms. The maximum atomic E-state index is 12.4. The summed E-state index contributed by atoms with van der Waals surface area (Å²) in [5, 5.41) is 3.23. The molecule has 188 valence electrons. The molecule has 0 spiro atoms. The zero-order valence-electron chi connectivity index (χ0n) is 20.7. The second kappa shape index (κ2) is 7.89. The minimum absolute atomic E-state index is 0.0548. The molecule has 1 atom stereocenters. The van der Waals surface area contributed by atoms with Crippen molar-refractivity contribution in [3.05, 3.63) is 42.4 Å². The van der Waals surface area contributed by atoms with Gasteiger partial charge in [-0.25, -0.2) is 15.0 Å². The number of anilines is 4. The number of aromatic nitrogens is 3. The molecule has 7 rings (SSSR count). The van der Waals surface area contributed by atoms with Crippen LogP contribution >= 0.6 is 0 Å². The maximum Gasteiger partial charge on any atom is 0.238 e. The average molecular weight is 499 g/mol. The molecule has 0 aliphatic carbocycles. The van der Waals surface area contributed by atoms with Crippen LogP contribution in [0, 0.1) is 0 Å². The standard InChI is InChI=1S/C27H26N6O4/c1-27(2)24-19(18-7-5-16(11-21(18)37-27)32-9-3-4-22(32)34)13-29-26(31-24)30-15-10-20-25(28-12-15)36-14-17-6-8-23(35)33(17)20/h5,7,10-13,17H,3-4,6,8-9,14H2,1-2H3,(H,29,30,31)/t17-/m0/s1. The van der Waals surface area contributed by atoms with E-state index >= 15 is 0 Å². The van der Waals surface area contributed by atoms with Crippen LogP contribution in [0.5, 0.6) is 11.6 Å². The van der Waals surface area contributed by atoms with Crippen LogP contribution in [0.1, 0.15) is 45.2 Å². The first-order valence-corrected chi connectivity index (χ1v) is 12.6. The molecule has 0 saturated carbocycles. The molecule has 2 aromatic heterocycles. The summed E-state index contributed by atoms with van der Waals surface area (Å²) in [4.78, 5) is 42.1. The van der Waals surface area contributed by atoms with Gasteiger partial charge in [-0.1, -0.05) is 0 Å². The van der Waals surface area contributed by atoms with Crippen molar-refractivity contribution in [2.75, 3.05) is 28.3 Å². The first-order valence-electron chi connectivity index (χ1n) is 12.6. The van der Waals surface area contributed by atoms with E-state index in [1.165, 1.54) is 0 Å². The number of nitrogens with one attached hydrogen (secondary N) is 1. The first-order chi connectivity index (χ1) is 17.9. The molecule has 0 radical (unpaired) electrons. The topological polar surface area (TPSA) is 110 Å². The van der Waals surface area contributed by atoms with Crippen molar-refractivity contribution >= 4 is 34.8 Å². The Morgan fingerprint density at radius 2 is 1.95 bits per heavy atom. The lowest BCUT2D eigenvalue weighted by atomic mass is 9.91. The van der Waals surface area contributed by atoms with E-state index in [4.69, 9.17) is 14.5 Å². The number of fused-ring (bicyclic) bond motifs is 6. The van der Waals surface area contributed by atoms with Crippen LogP contribution in [-0.2, 0) is 15.2 Å². The second-order valence-electron chi connectivity index (χ2n) is 10.3. The predicted molar refractivity (Wildman–Crippen MR) is 136 cm³/mol. The third-order valence-electron chi connectivity index (χ3n) is 7.45. The van der Waals surface area contributed by atoms with Crippen molar-refractivity contribution in [2.24, 2.45) is 0 Å². The lowest BCUT2D eigenvalue weighted by Gasteiger charge is -2.34. The SMILES string of the molecule is CC1(C)Oc2cc(N3CCCC3=O)ccc2-c2cnc(Nc3cnc4c(c3)N3C(=O)CC[C@H]3CO4)nc21. The summed E-state index contributed by atoms with van der Waals surface area (Å²) in [5.41, 5.74) is 4.01. The van der Waals surface area contributed by atoms with Crippen LogP contribution < -0.4 is 24.6 Å². The second-order valence-corrected chi connectivity index (χ2v) is 10.3. The minimum atomic E-state index is -0.716. The van der Waals surface area contributed by atoms with Gasteiger partial charge in [0.2, 0.25) is 23.6 Å². The summed E-state index contributed by atoms with van der Waals surface area (Å²) in [7, 11) is 0. The Hall–Kier alpha value is -4.21. The van der Waals surface area contributed by atoms with Crippen molar-refractivity contribution in [3.63, 3.8) is 0 Å². The van der Waals surface area contributed by atoms with Gasteiger partial charge >= 0.3 is 0 Å². The van der Waals surface area contributed by atoms with E-state index in [0.29, 0.717) is 48.4 Å². The smallest absolute Gasteiger partial charge is 0.238 e. The monoisotopic (exact) mass is 498 g/mol. The van der Waals surface area contributed by atoms with Crippen LogP contribution in [-0.4, -0.2) is 46.0 Å². The Kier molecular flexibility index (Phi) is 4.70. The van der Waals surface area contributed by atoms with Gasteiger partial charge in [-0.05, 0) is 44.9 Å². The third-order valence-corrected chi connectivity index (χ3v) is 7.45. The summed E-state index contributed by atoms with van der Waals surface area (Å²) in [6.07, 6.45) is 6.21. The molecule has 6 heterocycles. The van der Waals surface area contributed by atoms with Crippen LogP contribution in [0.25, 0.3) is 11.1 Å². The number of amides is 2. The van der Waals surface area contributed by atoms with Crippen molar-refractivity contribution < 1.29 is 19.1 Å². The van der Waals surface area contributed by atoms with E-state index in [1.54, 1.807) is 17.3 Å². The third kappa shape index (κ3) is 3.50. The molecule has 4 aliphatic heterocycles. The van der Waals surface area contributed by atoms with Gasteiger partial charge < -0.3 is 24.6 Å². The summed E-state index contributed by atoms with van der Waals surface area (Å²) in [5.74, 6) is 1.81. The van der Waals surface area contributed by atoms with Crippen molar-refractivity contribution in [1.29, 1.82) is 0 Å². The summed E-state index contributed by atoms with van der Waals surface area (Å²) in [6, 6.07) is 7.77. The van der Waals surface area contributed by atoms with Crippen molar-refractivity contribution in [1.82, 2.24) is 15.0 Å². The number of ether oxygens (including phenoxy) is 2. The van der Waals surface area contributed by atoms with Gasteiger partial charge in [0.15, 0.2) is 0 Å². The minimum Gasteiger partial charge on any atom is -0.481 e. The van der Waals surface area contributed by atoms with Gasteiger partial charge in [-0.15, -0.1) is 0 Å². The molecule has 1 N–H and O–H groups in total. The number of nitrogens with zero attached hydrogens (tertiary/aromatic N) is 5. The molecule has 2 saturated heterocycles. The lowest BCUT2D eigenvalue weighted by Crippen LogP contribution is -2.40. The molecule has 2 fully saturated rings. The molecule has 10 heteroatoms. The quantitative estimate of drug-likeness (QED) is 0.579. The number of hydrogen-bond donors (Lipinski definition) is 1. The summed E-state index contributed by atoms with van der Waals surface area (Å²) >= 11 is 0. The molecular weight excluding hydrogens is 472 g/mol. The van der Waals surface area contributed by atoms with E-state index in [-0.39, 0.29) is 17.9 Å². The fraction of sp³-hybridized carbons (Fsp3) is 0.370. The Morgan fingerprint density at radius 1 is 1.05 bits per heavy atom. The molecule has 10 nitrogen and oxygen atoms in total. The zero-order valence-corrected chi connectivity index (χ0v) is 20.7. The van der Waals surface area contributed by atoms with Gasteiger partial charge in [-0.2, -0.15) is 0 Å². The molecule has 0 unspecified atom stereocenters. The van der Waals surface area contributed by atoms with Crippen LogP contribution in [0.3, 0.4) is 0 Å². The van der Waals surface area contributed by atoms with E-state index in [1.807, 2.05) is 43.0 Å². The number of rotatable bonds is 3. The zero-order chi connectivity index (χ0) is 25.3. The Labute approximate surface area is 213 Å². The highest BCUT2D eigenvalue weighted by molar-refractivity contribution is 5.98. The molecule has 4 aliphatic rings. The number of pyridine rings is 1. The summed E-state index contributed by atoms with van der Waals surface area (Å²) < 4.78 is 12.2. The number of hydrogen-bond acceptors (Lipinski definition) is 8. The van der Waals surface area contributed by atoms with Gasteiger partial charge in [0.1, 0.15) is 23.6 Å².